The Bertz CT molecular complexity index is 1440. The van der Waals surface area contributed by atoms with E-state index in [1.165, 1.54) is 17.8 Å². The first-order valence-electron chi connectivity index (χ1n) is 9.54. The minimum atomic E-state index is -3.75. The molecule has 0 unspecified atom stereocenters. The number of thioether (sulfide) groups is 1. The van der Waals surface area contributed by atoms with Crippen LogP contribution in [0.5, 0.6) is 0 Å². The van der Waals surface area contributed by atoms with Crippen molar-refractivity contribution in [2.24, 2.45) is 0 Å². The summed E-state index contributed by atoms with van der Waals surface area (Å²) in [6.45, 7) is 5.38. The highest BCUT2D eigenvalue weighted by atomic mass is 32.2. The van der Waals surface area contributed by atoms with E-state index < -0.39 is 10.0 Å². The van der Waals surface area contributed by atoms with Gasteiger partial charge in [-0.05, 0) is 50.1 Å². The molecule has 0 saturated carbocycles. The Balaban J connectivity index is 1.59. The number of aryl methyl sites for hydroxylation is 3. The zero-order valence-corrected chi connectivity index (χ0v) is 18.9. The second-order valence-corrected chi connectivity index (χ2v) is 9.91. The predicted octanol–water partition coefficient (Wildman–Crippen LogP) is 4.31. The summed E-state index contributed by atoms with van der Waals surface area (Å²) in [4.78, 5) is 17.7. The van der Waals surface area contributed by atoms with Crippen LogP contribution in [0.25, 0.3) is 5.65 Å². The van der Waals surface area contributed by atoms with Gasteiger partial charge in [-0.2, -0.15) is 0 Å². The maximum Gasteiger partial charge on any atom is 0.287 e. The Morgan fingerprint density at radius 3 is 2.65 bits per heavy atom. The summed E-state index contributed by atoms with van der Waals surface area (Å²) in [6, 6.07) is 15.6. The summed E-state index contributed by atoms with van der Waals surface area (Å²) in [5.74, 6) is 0.999. The molecule has 0 radical (unpaired) electrons. The predicted molar refractivity (Wildman–Crippen MR) is 121 cm³/mol. The molecule has 0 fully saturated rings. The number of nitrogens with one attached hydrogen (secondary N) is 1. The van der Waals surface area contributed by atoms with Crippen LogP contribution in [-0.2, 0) is 15.8 Å². The van der Waals surface area contributed by atoms with Gasteiger partial charge in [-0.3, -0.25) is 9.52 Å². The number of hydrogen-bond donors (Lipinski definition) is 1. The molecule has 0 aliphatic rings. The van der Waals surface area contributed by atoms with Crippen molar-refractivity contribution in [2.75, 3.05) is 4.72 Å². The van der Waals surface area contributed by atoms with Crippen molar-refractivity contribution >= 4 is 33.1 Å². The van der Waals surface area contributed by atoms with Crippen LogP contribution in [0.2, 0.25) is 0 Å². The van der Waals surface area contributed by atoms with Crippen molar-refractivity contribution in [3.05, 3.63) is 87.5 Å². The smallest absolute Gasteiger partial charge is 0.287 e. The van der Waals surface area contributed by atoms with Gasteiger partial charge in [0.2, 0.25) is 0 Å². The van der Waals surface area contributed by atoms with Crippen LogP contribution < -0.4 is 10.3 Å². The van der Waals surface area contributed by atoms with Gasteiger partial charge in [0.1, 0.15) is 5.76 Å². The molecule has 0 atom stereocenters. The summed E-state index contributed by atoms with van der Waals surface area (Å²) in [7, 11) is -3.75. The van der Waals surface area contributed by atoms with Crippen LogP contribution in [0.15, 0.2) is 73.7 Å². The van der Waals surface area contributed by atoms with E-state index in [0.717, 1.165) is 15.0 Å². The third-order valence-electron chi connectivity index (χ3n) is 4.66. The van der Waals surface area contributed by atoms with Crippen molar-refractivity contribution < 1.29 is 12.9 Å². The molecule has 0 saturated heterocycles. The number of sulfonamides is 1. The molecule has 2 aromatic heterocycles. The summed E-state index contributed by atoms with van der Waals surface area (Å²) < 4.78 is 35.2. The molecule has 2 aromatic carbocycles. The molecule has 0 bridgehead atoms. The number of rotatable bonds is 6. The van der Waals surface area contributed by atoms with Crippen molar-refractivity contribution in [1.82, 2.24) is 9.56 Å². The molecule has 31 heavy (non-hydrogen) atoms. The lowest BCUT2D eigenvalue weighted by molar-refractivity contribution is 0.344. The molecular formula is C22H21N3O4S2. The molecule has 4 rings (SSSR count). The van der Waals surface area contributed by atoms with Crippen LogP contribution in [-0.4, -0.2) is 18.0 Å². The summed E-state index contributed by atoms with van der Waals surface area (Å²) in [5, 5.41) is 0. The molecule has 7 nitrogen and oxygen atoms in total. The second kappa shape index (κ2) is 8.24. The highest BCUT2D eigenvalue weighted by molar-refractivity contribution is 7.98. The normalized spacial score (nSPS) is 11.7. The fourth-order valence-electron chi connectivity index (χ4n) is 3.17. The summed E-state index contributed by atoms with van der Waals surface area (Å²) in [6.07, 6.45) is 0. The average molecular weight is 456 g/mol. The molecule has 0 aliphatic heterocycles. The Morgan fingerprint density at radius 1 is 1.06 bits per heavy atom. The maximum atomic E-state index is 13.0. The van der Waals surface area contributed by atoms with Crippen molar-refractivity contribution in [3.63, 3.8) is 0 Å². The number of fused-ring (bicyclic) bond motifs is 1. The molecule has 160 valence electrons. The molecule has 0 spiro atoms. The van der Waals surface area contributed by atoms with Crippen LogP contribution in [0, 0.1) is 20.8 Å². The Morgan fingerprint density at radius 2 is 1.84 bits per heavy atom. The Kier molecular flexibility index (Phi) is 5.63. The van der Waals surface area contributed by atoms with E-state index in [1.54, 1.807) is 44.2 Å². The van der Waals surface area contributed by atoms with E-state index in [-0.39, 0.29) is 10.5 Å². The first-order chi connectivity index (χ1) is 14.7. The van der Waals surface area contributed by atoms with Crippen LogP contribution in [0.1, 0.15) is 22.6 Å². The fourth-order valence-corrected chi connectivity index (χ4v) is 5.55. The number of hydrogen-bond acceptors (Lipinski definition) is 6. The second-order valence-electron chi connectivity index (χ2n) is 7.24. The zero-order valence-electron chi connectivity index (χ0n) is 17.2. The Hall–Kier alpha value is -3.04. The van der Waals surface area contributed by atoms with Gasteiger partial charge in [0.05, 0.1) is 16.3 Å². The van der Waals surface area contributed by atoms with Gasteiger partial charge in [-0.25, -0.2) is 13.4 Å². The summed E-state index contributed by atoms with van der Waals surface area (Å²) >= 11 is 1.40. The molecule has 1 N–H and O–H groups in total. The quantitative estimate of drug-likeness (QED) is 0.436. The minimum absolute atomic E-state index is 0.253. The first kappa shape index (κ1) is 21.2. The topological polar surface area (TPSA) is 93.7 Å². The molecule has 4 aromatic rings. The van der Waals surface area contributed by atoms with Gasteiger partial charge in [0, 0.05) is 22.8 Å². The largest absolute Gasteiger partial charge is 0.375 e. The lowest BCUT2D eigenvalue weighted by Crippen LogP contribution is -2.15. The van der Waals surface area contributed by atoms with Gasteiger partial charge < -0.3 is 4.52 Å². The number of anilines is 1. The number of nitrogens with zero attached hydrogens (tertiary/aromatic N) is 2. The standard InChI is InChI=1S/C22H21N3O4S2/c1-14-8-9-15(2)20(10-14)31(27,28)24-18-6-4-5-7-19(18)30-13-17-12-22(26)25-21(23-17)11-16(3)29-25/h4-12,24H,13H2,1-3H3. The lowest BCUT2D eigenvalue weighted by Gasteiger charge is -2.14. The van der Waals surface area contributed by atoms with Crippen LogP contribution in [0.4, 0.5) is 5.69 Å². The SMILES string of the molecule is Cc1ccc(C)c(S(=O)(=O)Nc2ccccc2SCc2cc(=O)n3oc(C)cc3n2)c1. The molecule has 2 heterocycles. The van der Waals surface area contributed by atoms with E-state index in [0.29, 0.717) is 34.1 Å². The molecule has 0 amide bonds. The highest BCUT2D eigenvalue weighted by Crippen LogP contribution is 2.31. The number of aromatic nitrogens is 2. The minimum Gasteiger partial charge on any atom is -0.375 e. The summed E-state index contributed by atoms with van der Waals surface area (Å²) in [5.41, 5.74) is 2.77. The number of benzene rings is 2. The molecule has 9 heteroatoms. The first-order valence-corrected chi connectivity index (χ1v) is 12.0. The van der Waals surface area contributed by atoms with Gasteiger partial charge in [0.15, 0.2) is 5.65 Å². The van der Waals surface area contributed by atoms with Crippen LogP contribution >= 0.6 is 11.8 Å². The van der Waals surface area contributed by atoms with E-state index in [2.05, 4.69) is 9.71 Å². The van der Waals surface area contributed by atoms with Crippen molar-refractivity contribution in [1.29, 1.82) is 0 Å². The van der Waals surface area contributed by atoms with Gasteiger partial charge in [0.25, 0.3) is 15.6 Å². The van der Waals surface area contributed by atoms with Gasteiger partial charge in [-0.15, -0.1) is 16.3 Å². The van der Waals surface area contributed by atoms with Gasteiger partial charge >= 0.3 is 0 Å². The monoisotopic (exact) mass is 455 g/mol. The molecule has 0 aliphatic carbocycles. The van der Waals surface area contributed by atoms with E-state index in [4.69, 9.17) is 4.52 Å². The van der Waals surface area contributed by atoms with Crippen LogP contribution in [0.3, 0.4) is 0 Å². The van der Waals surface area contributed by atoms with Crippen molar-refractivity contribution in [2.45, 2.75) is 36.3 Å². The van der Waals surface area contributed by atoms with E-state index in [9.17, 15) is 13.2 Å². The zero-order chi connectivity index (χ0) is 22.2. The number of para-hydroxylation sites is 1. The Labute approximate surface area is 184 Å². The van der Waals surface area contributed by atoms with E-state index >= 15 is 0 Å². The third kappa shape index (κ3) is 4.52. The fraction of sp³-hybridized carbons (Fsp3) is 0.182. The van der Waals surface area contributed by atoms with Crippen molar-refractivity contribution in [3.8, 4) is 0 Å². The molecular weight excluding hydrogens is 434 g/mol. The maximum absolute atomic E-state index is 13.0. The third-order valence-corrected chi connectivity index (χ3v) is 7.28. The van der Waals surface area contributed by atoms with E-state index in [1.807, 2.05) is 25.1 Å². The lowest BCUT2D eigenvalue weighted by atomic mass is 10.2. The van der Waals surface area contributed by atoms with Gasteiger partial charge in [-0.1, -0.05) is 24.3 Å². The average Bonchev–Trinajstić information content (AvgIpc) is 3.09. The highest BCUT2D eigenvalue weighted by Gasteiger charge is 2.19.